The van der Waals surface area contributed by atoms with Crippen molar-refractivity contribution in [1.82, 2.24) is 9.62 Å². The monoisotopic (exact) mass is 394 g/mol. The molecule has 0 bridgehead atoms. The van der Waals surface area contributed by atoms with Gasteiger partial charge in [0.1, 0.15) is 16.7 Å². The van der Waals surface area contributed by atoms with Gasteiger partial charge in [-0.25, -0.2) is 8.42 Å². The number of amides is 1. The third-order valence-corrected chi connectivity index (χ3v) is 7.75. The van der Waals surface area contributed by atoms with Crippen LogP contribution in [-0.2, 0) is 14.8 Å². The quantitative estimate of drug-likeness (QED) is 0.833. The molecule has 0 unspecified atom stereocenters. The maximum atomic E-state index is 13.4. The molecule has 2 fully saturated rings. The Morgan fingerprint density at radius 1 is 1.07 bits per heavy atom. The topological polar surface area (TPSA) is 75.7 Å². The summed E-state index contributed by atoms with van der Waals surface area (Å²) < 4.78 is 33.4. The predicted molar refractivity (Wildman–Crippen MR) is 104 cm³/mol. The Bertz CT molecular complexity index is 800. The molecule has 1 aliphatic carbocycles. The second-order valence-electron chi connectivity index (χ2n) is 7.70. The fourth-order valence-electron chi connectivity index (χ4n) is 4.08. The van der Waals surface area contributed by atoms with E-state index in [1.807, 2.05) is 13.8 Å². The Hall–Kier alpha value is -1.60. The van der Waals surface area contributed by atoms with Crippen LogP contribution in [-0.4, -0.2) is 44.4 Å². The van der Waals surface area contributed by atoms with Crippen LogP contribution < -0.4 is 10.1 Å². The van der Waals surface area contributed by atoms with Crippen molar-refractivity contribution < 1.29 is 17.9 Å². The van der Waals surface area contributed by atoms with E-state index in [1.54, 1.807) is 12.1 Å². The van der Waals surface area contributed by atoms with E-state index in [2.05, 4.69) is 5.32 Å². The molecule has 1 amide bonds. The zero-order valence-electron chi connectivity index (χ0n) is 16.5. The maximum absolute atomic E-state index is 13.4. The van der Waals surface area contributed by atoms with Gasteiger partial charge in [0.25, 0.3) is 0 Å². The Labute approximate surface area is 162 Å². The van der Waals surface area contributed by atoms with Gasteiger partial charge in [-0.15, -0.1) is 0 Å². The number of ether oxygens (including phenoxy) is 1. The predicted octanol–water partition coefficient (Wildman–Crippen LogP) is 2.91. The van der Waals surface area contributed by atoms with E-state index in [9.17, 15) is 13.2 Å². The van der Waals surface area contributed by atoms with E-state index in [4.69, 9.17) is 4.74 Å². The molecule has 2 aliphatic rings. The number of aryl methyl sites for hydroxylation is 2. The second kappa shape index (κ2) is 8.19. The number of sulfonamides is 1. The lowest BCUT2D eigenvalue weighted by Crippen LogP contribution is -2.49. The molecule has 3 rings (SSSR count). The molecule has 6 nitrogen and oxygen atoms in total. The van der Waals surface area contributed by atoms with Gasteiger partial charge in [-0.05, 0) is 62.8 Å². The summed E-state index contributed by atoms with van der Waals surface area (Å²) in [5, 5.41) is 3.09. The van der Waals surface area contributed by atoms with E-state index in [1.165, 1.54) is 17.8 Å². The Kier molecular flexibility index (Phi) is 6.11. The van der Waals surface area contributed by atoms with Gasteiger partial charge in [-0.1, -0.05) is 19.3 Å². The number of nitrogens with zero attached hydrogens (tertiary/aromatic N) is 1. The van der Waals surface area contributed by atoms with Gasteiger partial charge in [0, 0.05) is 12.6 Å². The van der Waals surface area contributed by atoms with Gasteiger partial charge in [-0.3, -0.25) is 4.79 Å². The van der Waals surface area contributed by atoms with Gasteiger partial charge in [0.15, 0.2) is 0 Å². The average molecular weight is 395 g/mol. The van der Waals surface area contributed by atoms with E-state index in [0.717, 1.165) is 36.8 Å². The highest BCUT2D eigenvalue weighted by Crippen LogP contribution is 2.33. The molecule has 150 valence electrons. The van der Waals surface area contributed by atoms with Crippen molar-refractivity contribution in [2.75, 3.05) is 13.7 Å². The summed E-state index contributed by atoms with van der Waals surface area (Å²) in [6, 6.07) is 2.93. The van der Waals surface area contributed by atoms with Crippen molar-refractivity contribution in [3.05, 3.63) is 23.3 Å². The number of carbonyl (C=O) groups is 1. The number of nitrogens with one attached hydrogen (secondary N) is 1. The Balaban J connectivity index is 1.85. The number of carbonyl (C=O) groups excluding carboxylic acids is 1. The first-order valence-electron chi connectivity index (χ1n) is 9.82. The van der Waals surface area contributed by atoms with Crippen LogP contribution in [0.1, 0.15) is 56.1 Å². The van der Waals surface area contributed by atoms with E-state index >= 15 is 0 Å². The van der Waals surface area contributed by atoms with Gasteiger partial charge < -0.3 is 10.1 Å². The molecule has 1 heterocycles. The summed E-state index contributed by atoms with van der Waals surface area (Å²) in [5.41, 5.74) is 1.86. The molecule has 0 radical (unpaired) electrons. The summed E-state index contributed by atoms with van der Waals surface area (Å²) in [6.45, 7) is 4.16. The largest absolute Gasteiger partial charge is 0.495 e. The van der Waals surface area contributed by atoms with Crippen LogP contribution >= 0.6 is 0 Å². The third kappa shape index (κ3) is 4.14. The molecule has 7 heteroatoms. The molecule has 1 saturated heterocycles. The highest BCUT2D eigenvalue weighted by Gasteiger charge is 2.41. The molecule has 1 aromatic carbocycles. The number of methoxy groups -OCH3 is 1. The zero-order valence-corrected chi connectivity index (χ0v) is 17.3. The minimum atomic E-state index is -3.81. The van der Waals surface area contributed by atoms with Crippen LogP contribution in [0.2, 0.25) is 0 Å². The average Bonchev–Trinajstić information content (AvgIpc) is 3.15. The molecule has 1 N–H and O–H groups in total. The molecular formula is C20H30N2O4S. The standard InChI is InChI=1S/C20H30N2O4S/c1-14-12-18(26-3)19(13-15(14)2)27(24,25)22-11-7-10-17(22)20(23)21-16-8-5-4-6-9-16/h12-13,16-17H,4-11H2,1-3H3,(H,21,23)/t17-/m1/s1. The van der Waals surface area contributed by atoms with Gasteiger partial charge >= 0.3 is 0 Å². The summed E-state index contributed by atoms with van der Waals surface area (Å²) in [7, 11) is -2.34. The molecule has 1 saturated carbocycles. The molecule has 1 aliphatic heterocycles. The summed E-state index contributed by atoms with van der Waals surface area (Å²) in [5.74, 6) is 0.169. The number of rotatable bonds is 5. The van der Waals surface area contributed by atoms with Gasteiger partial charge in [-0.2, -0.15) is 4.31 Å². The van der Waals surface area contributed by atoms with Crippen molar-refractivity contribution in [1.29, 1.82) is 0 Å². The maximum Gasteiger partial charge on any atom is 0.247 e. The van der Waals surface area contributed by atoms with Crippen LogP contribution in [0.3, 0.4) is 0 Å². The number of benzene rings is 1. The fraction of sp³-hybridized carbons (Fsp3) is 0.650. The first-order chi connectivity index (χ1) is 12.8. The summed E-state index contributed by atoms with van der Waals surface area (Å²) in [6.07, 6.45) is 6.67. The molecular weight excluding hydrogens is 364 g/mol. The van der Waals surface area contributed by atoms with E-state index < -0.39 is 16.1 Å². The molecule has 27 heavy (non-hydrogen) atoms. The normalized spacial score (nSPS) is 22.0. The van der Waals surface area contributed by atoms with E-state index in [-0.39, 0.29) is 16.8 Å². The molecule has 0 aromatic heterocycles. The summed E-state index contributed by atoms with van der Waals surface area (Å²) in [4.78, 5) is 13.0. The van der Waals surface area contributed by atoms with Gasteiger partial charge in [0.05, 0.1) is 7.11 Å². The van der Waals surface area contributed by atoms with Crippen LogP contribution in [0, 0.1) is 13.8 Å². The van der Waals surface area contributed by atoms with Crippen molar-refractivity contribution in [2.45, 2.75) is 75.8 Å². The lowest BCUT2D eigenvalue weighted by atomic mass is 9.95. The molecule has 1 aromatic rings. The zero-order chi connectivity index (χ0) is 19.6. The first kappa shape index (κ1) is 20.1. The van der Waals surface area contributed by atoms with Crippen molar-refractivity contribution in [3.8, 4) is 5.75 Å². The third-order valence-electron chi connectivity index (χ3n) is 5.82. The van der Waals surface area contributed by atoms with Crippen LogP contribution in [0.5, 0.6) is 5.75 Å². The number of hydrogen-bond donors (Lipinski definition) is 1. The van der Waals surface area contributed by atoms with Crippen molar-refractivity contribution in [3.63, 3.8) is 0 Å². The summed E-state index contributed by atoms with van der Waals surface area (Å²) >= 11 is 0. The lowest BCUT2D eigenvalue weighted by Gasteiger charge is -2.28. The minimum absolute atomic E-state index is 0.144. The Morgan fingerprint density at radius 2 is 1.74 bits per heavy atom. The molecule has 0 spiro atoms. The highest BCUT2D eigenvalue weighted by atomic mass is 32.2. The Morgan fingerprint density at radius 3 is 2.41 bits per heavy atom. The van der Waals surface area contributed by atoms with Crippen LogP contribution in [0.25, 0.3) is 0 Å². The van der Waals surface area contributed by atoms with Crippen molar-refractivity contribution >= 4 is 15.9 Å². The smallest absolute Gasteiger partial charge is 0.247 e. The van der Waals surface area contributed by atoms with Crippen molar-refractivity contribution in [2.24, 2.45) is 0 Å². The van der Waals surface area contributed by atoms with Crippen LogP contribution in [0.15, 0.2) is 17.0 Å². The van der Waals surface area contributed by atoms with Crippen LogP contribution in [0.4, 0.5) is 0 Å². The highest BCUT2D eigenvalue weighted by molar-refractivity contribution is 7.89. The fourth-order valence-corrected chi connectivity index (χ4v) is 5.97. The second-order valence-corrected chi connectivity index (χ2v) is 9.56. The molecule has 1 atom stereocenters. The first-order valence-corrected chi connectivity index (χ1v) is 11.3. The lowest BCUT2D eigenvalue weighted by molar-refractivity contribution is -0.125. The number of hydrogen-bond acceptors (Lipinski definition) is 4. The minimum Gasteiger partial charge on any atom is -0.495 e. The van der Waals surface area contributed by atoms with Gasteiger partial charge in [0.2, 0.25) is 15.9 Å². The van der Waals surface area contributed by atoms with E-state index in [0.29, 0.717) is 25.1 Å². The SMILES string of the molecule is COc1cc(C)c(C)cc1S(=O)(=O)N1CCC[C@@H]1C(=O)NC1CCCCC1.